The van der Waals surface area contributed by atoms with Crippen molar-refractivity contribution < 1.29 is 4.79 Å². The fourth-order valence-electron chi connectivity index (χ4n) is 5.03. The summed E-state index contributed by atoms with van der Waals surface area (Å²) in [5.74, 6) is 2.40. The van der Waals surface area contributed by atoms with E-state index in [-0.39, 0.29) is 36.6 Å². The number of fused-ring (bicyclic) bond motifs is 1. The lowest BCUT2D eigenvalue weighted by Crippen LogP contribution is -2.51. The maximum atomic E-state index is 13.6. The first-order valence-corrected chi connectivity index (χ1v) is 12.3. The van der Waals surface area contributed by atoms with Crippen LogP contribution in [0.15, 0.2) is 30.6 Å². The number of amides is 1. The Hall–Kier alpha value is -1.60. The fraction of sp³-hybridized carbons (Fsp3) is 0.560. The SMILES string of the molecule is C[C@@H]1CCc2ncnc(N3CCN(C(=O)C(CNCC4CC4)c4ccc(Cl)cc4)CC3)c21.Cl.Cl. The minimum absolute atomic E-state index is 0. The van der Waals surface area contributed by atoms with Gasteiger partial charge in [-0.3, -0.25) is 4.79 Å². The van der Waals surface area contributed by atoms with Crippen molar-refractivity contribution in [3.05, 3.63) is 52.4 Å². The highest BCUT2D eigenvalue weighted by molar-refractivity contribution is 6.30. The number of carbonyl (C=O) groups is 1. The van der Waals surface area contributed by atoms with Crippen LogP contribution in [0.2, 0.25) is 5.02 Å². The van der Waals surface area contributed by atoms with Crippen molar-refractivity contribution in [3.8, 4) is 0 Å². The molecule has 1 aliphatic heterocycles. The summed E-state index contributed by atoms with van der Waals surface area (Å²) in [6.45, 7) is 7.01. The van der Waals surface area contributed by atoms with E-state index in [4.69, 9.17) is 11.6 Å². The number of rotatable bonds is 7. The number of hydrogen-bond acceptors (Lipinski definition) is 5. The van der Waals surface area contributed by atoms with Gasteiger partial charge in [0, 0.05) is 49.0 Å². The first-order valence-electron chi connectivity index (χ1n) is 11.9. The maximum absolute atomic E-state index is 13.6. The number of halogens is 3. The van der Waals surface area contributed by atoms with Crippen molar-refractivity contribution in [2.45, 2.75) is 44.4 Å². The van der Waals surface area contributed by atoms with Gasteiger partial charge in [0.1, 0.15) is 12.1 Å². The van der Waals surface area contributed by atoms with Crippen LogP contribution in [0, 0.1) is 5.92 Å². The summed E-state index contributed by atoms with van der Waals surface area (Å²) in [6, 6.07) is 7.75. The highest BCUT2D eigenvalue weighted by atomic mass is 35.5. The lowest BCUT2D eigenvalue weighted by Gasteiger charge is -2.38. The third-order valence-corrected chi connectivity index (χ3v) is 7.44. The number of piperazine rings is 1. The predicted molar refractivity (Wildman–Crippen MR) is 142 cm³/mol. The van der Waals surface area contributed by atoms with Gasteiger partial charge in [-0.25, -0.2) is 9.97 Å². The van der Waals surface area contributed by atoms with Crippen molar-refractivity contribution in [1.29, 1.82) is 0 Å². The summed E-state index contributed by atoms with van der Waals surface area (Å²) in [5, 5.41) is 4.24. The van der Waals surface area contributed by atoms with E-state index in [0.29, 0.717) is 17.5 Å². The van der Waals surface area contributed by atoms with Crippen molar-refractivity contribution in [3.63, 3.8) is 0 Å². The van der Waals surface area contributed by atoms with E-state index in [2.05, 4.69) is 27.1 Å². The van der Waals surface area contributed by atoms with Crippen LogP contribution in [0.25, 0.3) is 0 Å². The molecule has 2 atom stereocenters. The third kappa shape index (κ3) is 5.96. The maximum Gasteiger partial charge on any atom is 0.231 e. The molecule has 1 saturated heterocycles. The number of carbonyl (C=O) groups excluding carboxylic acids is 1. The molecule has 0 bridgehead atoms. The summed E-state index contributed by atoms with van der Waals surface area (Å²) in [4.78, 5) is 27.1. The first-order chi connectivity index (χ1) is 15.6. The van der Waals surface area contributed by atoms with Gasteiger partial charge in [0.2, 0.25) is 5.91 Å². The molecule has 5 rings (SSSR count). The molecule has 186 valence electrons. The zero-order valence-corrected chi connectivity index (χ0v) is 22.0. The van der Waals surface area contributed by atoms with E-state index < -0.39 is 0 Å². The summed E-state index contributed by atoms with van der Waals surface area (Å²) in [6.07, 6.45) is 6.50. The molecule has 1 aromatic carbocycles. The molecule has 34 heavy (non-hydrogen) atoms. The van der Waals surface area contributed by atoms with E-state index in [0.717, 1.165) is 62.9 Å². The van der Waals surface area contributed by atoms with Crippen LogP contribution in [0.3, 0.4) is 0 Å². The second-order valence-corrected chi connectivity index (χ2v) is 9.95. The van der Waals surface area contributed by atoms with E-state index in [1.54, 1.807) is 6.33 Å². The van der Waals surface area contributed by atoms with E-state index in [9.17, 15) is 4.79 Å². The predicted octanol–water partition coefficient (Wildman–Crippen LogP) is 4.46. The zero-order chi connectivity index (χ0) is 22.1. The molecule has 2 aliphatic carbocycles. The number of anilines is 1. The van der Waals surface area contributed by atoms with Crippen molar-refractivity contribution in [2.24, 2.45) is 5.92 Å². The molecule has 0 spiro atoms. The molecule has 1 amide bonds. The molecular formula is C25H34Cl3N5O. The van der Waals surface area contributed by atoms with Crippen molar-refractivity contribution in [2.75, 3.05) is 44.2 Å². The van der Waals surface area contributed by atoms with Gasteiger partial charge in [-0.1, -0.05) is 30.7 Å². The highest BCUT2D eigenvalue weighted by Crippen LogP contribution is 2.37. The Morgan fingerprint density at radius 2 is 1.79 bits per heavy atom. The number of hydrogen-bond donors (Lipinski definition) is 1. The molecule has 1 N–H and O–H groups in total. The summed E-state index contributed by atoms with van der Waals surface area (Å²) in [5.41, 5.74) is 3.55. The normalized spacial score (nSPS) is 20.2. The molecule has 1 unspecified atom stereocenters. The molecule has 1 aromatic heterocycles. The van der Waals surface area contributed by atoms with Crippen LogP contribution in [0.4, 0.5) is 5.82 Å². The molecule has 6 nitrogen and oxygen atoms in total. The summed E-state index contributed by atoms with van der Waals surface area (Å²) in [7, 11) is 0. The lowest BCUT2D eigenvalue weighted by molar-refractivity contribution is -0.133. The molecular weight excluding hydrogens is 493 g/mol. The highest BCUT2D eigenvalue weighted by Gasteiger charge is 2.32. The molecule has 3 aliphatic rings. The number of nitrogens with zero attached hydrogens (tertiary/aromatic N) is 4. The zero-order valence-electron chi connectivity index (χ0n) is 19.6. The second-order valence-electron chi connectivity index (χ2n) is 9.52. The topological polar surface area (TPSA) is 61.4 Å². The van der Waals surface area contributed by atoms with Gasteiger partial charge >= 0.3 is 0 Å². The molecule has 0 radical (unpaired) electrons. The quantitative estimate of drug-likeness (QED) is 0.577. The minimum atomic E-state index is -0.180. The monoisotopic (exact) mass is 525 g/mol. The average molecular weight is 527 g/mol. The van der Waals surface area contributed by atoms with Gasteiger partial charge < -0.3 is 15.1 Å². The first kappa shape index (κ1) is 27.0. The lowest BCUT2D eigenvalue weighted by atomic mass is 9.97. The Bertz CT molecular complexity index is 962. The molecule has 9 heteroatoms. The Morgan fingerprint density at radius 1 is 1.09 bits per heavy atom. The number of benzene rings is 1. The van der Waals surface area contributed by atoms with E-state index in [1.807, 2.05) is 29.2 Å². The van der Waals surface area contributed by atoms with Crippen LogP contribution < -0.4 is 10.2 Å². The Labute approximate surface area is 219 Å². The number of nitrogens with one attached hydrogen (secondary N) is 1. The third-order valence-electron chi connectivity index (χ3n) is 7.19. The van der Waals surface area contributed by atoms with Crippen molar-refractivity contribution >= 4 is 48.1 Å². The average Bonchev–Trinajstić information content (AvgIpc) is 3.57. The van der Waals surface area contributed by atoms with Crippen molar-refractivity contribution in [1.82, 2.24) is 20.2 Å². The number of aryl methyl sites for hydroxylation is 1. The van der Waals surface area contributed by atoms with Gasteiger partial charge in [-0.05, 0) is 61.8 Å². The minimum Gasteiger partial charge on any atom is -0.353 e. The van der Waals surface area contributed by atoms with Crippen LogP contribution in [-0.2, 0) is 11.2 Å². The van der Waals surface area contributed by atoms with Crippen LogP contribution >= 0.6 is 36.4 Å². The van der Waals surface area contributed by atoms with Gasteiger partial charge in [-0.2, -0.15) is 0 Å². The standard InChI is InChI=1S/C25H32ClN5O.2ClH/c1-17-2-9-22-23(17)24(29-16-28-22)30-10-12-31(13-11-30)25(32)21(15-27-14-18-3-4-18)19-5-7-20(26)8-6-19;;/h5-8,16-18,21,27H,2-4,9-15H2,1H3;2*1H/t17-,21?;;/m1../s1. The fourth-order valence-corrected chi connectivity index (χ4v) is 5.16. The largest absolute Gasteiger partial charge is 0.353 e. The van der Waals surface area contributed by atoms with Gasteiger partial charge in [0.15, 0.2) is 0 Å². The van der Waals surface area contributed by atoms with Gasteiger partial charge in [-0.15, -0.1) is 24.8 Å². The second kappa shape index (κ2) is 11.9. The van der Waals surface area contributed by atoms with E-state index in [1.165, 1.54) is 24.1 Å². The number of aromatic nitrogens is 2. The molecule has 2 heterocycles. The van der Waals surface area contributed by atoms with Crippen LogP contribution in [0.1, 0.15) is 54.8 Å². The Balaban J connectivity index is 0.00000162. The van der Waals surface area contributed by atoms with E-state index >= 15 is 0 Å². The molecule has 2 aromatic rings. The molecule has 2 fully saturated rings. The van der Waals surface area contributed by atoms with Crippen LogP contribution in [-0.4, -0.2) is 60.0 Å². The Kier molecular flexibility index (Phi) is 9.44. The smallest absolute Gasteiger partial charge is 0.231 e. The summed E-state index contributed by atoms with van der Waals surface area (Å²) < 4.78 is 0. The van der Waals surface area contributed by atoms with Gasteiger partial charge in [0.05, 0.1) is 5.92 Å². The summed E-state index contributed by atoms with van der Waals surface area (Å²) >= 11 is 6.10. The molecule has 1 saturated carbocycles. The Morgan fingerprint density at radius 3 is 2.47 bits per heavy atom. The van der Waals surface area contributed by atoms with Gasteiger partial charge in [0.25, 0.3) is 0 Å². The van der Waals surface area contributed by atoms with Crippen LogP contribution in [0.5, 0.6) is 0 Å².